The number of hydrogen-bond acceptors (Lipinski definition) is 6. The van der Waals surface area contributed by atoms with E-state index < -0.39 is 11.6 Å². The summed E-state index contributed by atoms with van der Waals surface area (Å²) in [4.78, 5) is 32.4. The molecule has 1 aromatic heterocycles. The van der Waals surface area contributed by atoms with Crippen molar-refractivity contribution in [2.24, 2.45) is 23.7 Å². The van der Waals surface area contributed by atoms with Crippen LogP contribution in [0.5, 0.6) is 0 Å². The van der Waals surface area contributed by atoms with E-state index in [1.807, 2.05) is 6.07 Å². The minimum absolute atomic E-state index is 0.0816. The van der Waals surface area contributed by atoms with Crippen molar-refractivity contribution >= 4 is 30.3 Å². The molecule has 8 heteroatoms. The number of aromatic nitrogens is 1. The van der Waals surface area contributed by atoms with Crippen LogP contribution in [0.2, 0.25) is 0 Å². The molecule has 4 aliphatic carbocycles. The van der Waals surface area contributed by atoms with E-state index in [0.717, 1.165) is 50.0 Å². The van der Waals surface area contributed by atoms with Gasteiger partial charge in [-0.05, 0) is 75.2 Å². The highest BCUT2D eigenvalue weighted by Gasteiger charge is 2.55. The smallest absolute Gasteiger partial charge is 0.306 e. The molecule has 2 atom stereocenters. The first-order valence-electron chi connectivity index (χ1n) is 12.5. The molecule has 3 N–H and O–H groups in total. The average molecular weight is 474 g/mol. The number of rotatable bonds is 6. The van der Waals surface area contributed by atoms with Crippen LogP contribution in [0.3, 0.4) is 0 Å². The number of aliphatic hydroxyl groups is 1. The van der Waals surface area contributed by atoms with E-state index in [4.69, 9.17) is 4.98 Å². The molecule has 1 aliphatic heterocycles. The van der Waals surface area contributed by atoms with Crippen molar-refractivity contribution in [2.75, 3.05) is 18.0 Å². The number of piperidine rings is 1. The zero-order valence-corrected chi connectivity index (χ0v) is 20.2. The molecule has 1 saturated heterocycles. The Balaban J connectivity index is 1.34. The van der Waals surface area contributed by atoms with E-state index >= 15 is 0 Å². The van der Waals surface area contributed by atoms with Crippen LogP contribution in [0, 0.1) is 23.7 Å². The molecule has 4 bridgehead atoms. The zero-order chi connectivity index (χ0) is 23.3. The average Bonchev–Trinajstić information content (AvgIpc) is 2.76. The molecule has 4 saturated carbocycles. The van der Waals surface area contributed by atoms with Crippen molar-refractivity contribution in [2.45, 2.75) is 81.2 Å². The molecule has 2 heterocycles. The molecule has 1 amide bonds. The molecular weight excluding hydrogens is 438 g/mol. The van der Waals surface area contributed by atoms with Crippen molar-refractivity contribution < 1.29 is 19.8 Å². The van der Waals surface area contributed by atoms with E-state index in [1.54, 1.807) is 0 Å². The van der Waals surface area contributed by atoms with Crippen LogP contribution >= 0.6 is 12.6 Å². The quantitative estimate of drug-likeness (QED) is 0.473. The van der Waals surface area contributed by atoms with E-state index in [2.05, 4.69) is 29.8 Å². The number of hydrogen-bond donors (Lipinski definition) is 4. The summed E-state index contributed by atoms with van der Waals surface area (Å²) >= 11 is 4.68. The fraction of sp³-hybridized carbons (Fsp3) is 0.720. The second-order valence-electron chi connectivity index (χ2n) is 10.9. The van der Waals surface area contributed by atoms with Gasteiger partial charge in [-0.15, -0.1) is 12.6 Å². The molecule has 6 rings (SSSR count). The number of anilines is 1. The first-order valence-corrected chi connectivity index (χ1v) is 12.9. The van der Waals surface area contributed by atoms with E-state index in [-0.39, 0.29) is 17.9 Å². The van der Waals surface area contributed by atoms with Gasteiger partial charge in [0.05, 0.1) is 22.8 Å². The van der Waals surface area contributed by atoms with Crippen molar-refractivity contribution in [3.05, 3.63) is 17.3 Å². The van der Waals surface area contributed by atoms with Crippen LogP contribution in [-0.4, -0.2) is 51.8 Å². The number of carboxylic acids is 1. The maximum atomic E-state index is 13.4. The Hall–Kier alpha value is -1.80. The van der Waals surface area contributed by atoms with Gasteiger partial charge in [0, 0.05) is 24.0 Å². The molecule has 2 unspecified atom stereocenters. The molecule has 0 spiro atoms. The third-order valence-corrected chi connectivity index (χ3v) is 8.80. The Bertz CT molecular complexity index is 930. The molecule has 5 aliphatic rings. The third kappa shape index (κ3) is 4.36. The first-order chi connectivity index (χ1) is 15.8. The summed E-state index contributed by atoms with van der Waals surface area (Å²) in [5, 5.41) is 23.5. The maximum absolute atomic E-state index is 13.4. The highest BCUT2D eigenvalue weighted by Crippen LogP contribution is 2.55. The van der Waals surface area contributed by atoms with Crippen molar-refractivity contribution in [3.63, 3.8) is 0 Å². The molecule has 33 heavy (non-hydrogen) atoms. The maximum Gasteiger partial charge on any atom is 0.306 e. The largest absolute Gasteiger partial charge is 0.481 e. The van der Waals surface area contributed by atoms with Crippen LogP contribution in [0.15, 0.2) is 11.0 Å². The fourth-order valence-electron chi connectivity index (χ4n) is 7.17. The zero-order valence-electron chi connectivity index (χ0n) is 19.3. The van der Waals surface area contributed by atoms with Gasteiger partial charge in [0.1, 0.15) is 5.82 Å². The minimum Gasteiger partial charge on any atom is -0.481 e. The summed E-state index contributed by atoms with van der Waals surface area (Å²) in [7, 11) is 0. The Labute approximate surface area is 200 Å². The Morgan fingerprint density at radius 1 is 1.21 bits per heavy atom. The van der Waals surface area contributed by atoms with E-state index in [0.29, 0.717) is 60.6 Å². The number of aryl methyl sites for hydroxylation is 1. The molecule has 180 valence electrons. The normalized spacial score (nSPS) is 33.4. The monoisotopic (exact) mass is 473 g/mol. The van der Waals surface area contributed by atoms with Gasteiger partial charge in [-0.1, -0.05) is 13.3 Å². The Kier molecular flexibility index (Phi) is 6.10. The number of carbonyl (C=O) groups excluding carboxylic acids is 1. The van der Waals surface area contributed by atoms with Gasteiger partial charge >= 0.3 is 5.97 Å². The van der Waals surface area contributed by atoms with Gasteiger partial charge in [-0.2, -0.15) is 0 Å². The topological polar surface area (TPSA) is 103 Å². The number of nitrogens with zero attached hydrogens (tertiary/aromatic N) is 2. The van der Waals surface area contributed by atoms with Gasteiger partial charge in [0.15, 0.2) is 0 Å². The molecular formula is C25H35N3O4S. The van der Waals surface area contributed by atoms with Crippen molar-refractivity contribution in [1.82, 2.24) is 10.3 Å². The molecule has 5 fully saturated rings. The highest BCUT2D eigenvalue weighted by molar-refractivity contribution is 7.80. The molecule has 7 nitrogen and oxygen atoms in total. The molecule has 0 radical (unpaired) electrons. The van der Waals surface area contributed by atoms with E-state index in [9.17, 15) is 19.8 Å². The number of carboxylic acid groups (broad SMARTS) is 1. The highest BCUT2D eigenvalue weighted by atomic mass is 32.1. The number of pyridine rings is 1. The van der Waals surface area contributed by atoms with Gasteiger partial charge in [0.25, 0.3) is 5.91 Å². The summed E-state index contributed by atoms with van der Waals surface area (Å²) in [5.74, 6) is 0.955. The Morgan fingerprint density at radius 2 is 1.88 bits per heavy atom. The Morgan fingerprint density at radius 3 is 2.45 bits per heavy atom. The first kappa shape index (κ1) is 23.0. The van der Waals surface area contributed by atoms with Gasteiger partial charge in [-0.25, -0.2) is 4.98 Å². The summed E-state index contributed by atoms with van der Waals surface area (Å²) in [6.07, 6.45) is 7.50. The lowest BCUT2D eigenvalue weighted by Gasteiger charge is -2.58. The second-order valence-corrected chi connectivity index (χ2v) is 11.4. The summed E-state index contributed by atoms with van der Waals surface area (Å²) in [6, 6.07) is 1.97. The van der Waals surface area contributed by atoms with Crippen LogP contribution in [0.25, 0.3) is 0 Å². The third-order valence-electron chi connectivity index (χ3n) is 8.48. The van der Waals surface area contributed by atoms with Crippen molar-refractivity contribution in [3.8, 4) is 0 Å². The summed E-state index contributed by atoms with van der Waals surface area (Å²) in [5.41, 5.74) is 0.866. The van der Waals surface area contributed by atoms with Gasteiger partial charge in [0.2, 0.25) is 0 Å². The van der Waals surface area contributed by atoms with Crippen LogP contribution < -0.4 is 10.2 Å². The van der Waals surface area contributed by atoms with Crippen LogP contribution in [0.1, 0.15) is 74.3 Å². The number of aliphatic carboxylic acids is 1. The standard InChI is InChI=1S/C25H35N3O4S/c1-2-3-19-18(10-20(33)22(26-19)28-6-4-15(5-7-28)24(30)31)23(29)27-21-16-8-14-9-17(21)13-25(32,11-14)12-16/h10,14-17,21,32-33H,2-9,11-13H2,1H3,(H,27,29)(H,30,31). The lowest BCUT2D eigenvalue weighted by atomic mass is 9.52. The number of nitrogens with one attached hydrogen (secondary N) is 1. The van der Waals surface area contributed by atoms with Gasteiger partial charge in [-0.3, -0.25) is 9.59 Å². The number of carbonyl (C=O) groups is 2. The van der Waals surface area contributed by atoms with Crippen LogP contribution in [0.4, 0.5) is 5.82 Å². The van der Waals surface area contributed by atoms with E-state index in [1.165, 1.54) is 0 Å². The SMILES string of the molecule is CCCc1nc(N2CCC(C(=O)O)CC2)c(S)cc1C(=O)NC1C2CC3CC1CC(O)(C3)C2. The summed E-state index contributed by atoms with van der Waals surface area (Å²) in [6.45, 7) is 3.34. The fourth-order valence-corrected chi connectivity index (χ4v) is 7.49. The predicted molar refractivity (Wildman–Crippen MR) is 128 cm³/mol. The number of amides is 1. The van der Waals surface area contributed by atoms with Gasteiger partial charge < -0.3 is 20.4 Å². The lowest BCUT2D eigenvalue weighted by molar-refractivity contribution is -0.142. The molecule has 0 aromatic carbocycles. The minimum atomic E-state index is -0.732. The lowest BCUT2D eigenvalue weighted by Crippen LogP contribution is -2.61. The van der Waals surface area contributed by atoms with Crippen molar-refractivity contribution in [1.29, 1.82) is 0 Å². The van der Waals surface area contributed by atoms with Crippen LogP contribution in [-0.2, 0) is 11.2 Å². The number of thiol groups is 1. The molecule has 1 aromatic rings. The predicted octanol–water partition coefficient (Wildman–Crippen LogP) is 3.29. The second kappa shape index (κ2) is 8.77. The summed E-state index contributed by atoms with van der Waals surface area (Å²) < 4.78 is 0.